The van der Waals surface area contributed by atoms with Crippen LogP contribution in [-0.2, 0) is 4.74 Å². The first-order valence-corrected chi connectivity index (χ1v) is 3.82. The van der Waals surface area contributed by atoms with Crippen molar-refractivity contribution in [3.8, 4) is 0 Å². The van der Waals surface area contributed by atoms with E-state index in [4.69, 9.17) is 5.11 Å². The zero-order chi connectivity index (χ0) is 10.6. The Balaban J connectivity index is 3.02. The number of rotatable bonds is 2. The Labute approximate surface area is 80.3 Å². The average Bonchev–Trinajstić information content (AvgIpc) is 2.16. The summed E-state index contributed by atoms with van der Waals surface area (Å²) in [6.07, 6.45) is -1.22. The molecular weight excluding hydrogens is 186 g/mol. The number of esters is 1. The van der Waals surface area contributed by atoms with Crippen LogP contribution in [0.25, 0.3) is 0 Å². The summed E-state index contributed by atoms with van der Waals surface area (Å²) in [5, 5.41) is 10.6. The molecule has 2 N–H and O–H groups in total. The summed E-state index contributed by atoms with van der Waals surface area (Å²) in [5.74, 6) is -0.575. The van der Waals surface area contributed by atoms with Crippen molar-refractivity contribution in [3.63, 3.8) is 0 Å². The van der Waals surface area contributed by atoms with Crippen molar-refractivity contribution in [2.75, 3.05) is 12.4 Å². The van der Waals surface area contributed by atoms with Gasteiger partial charge < -0.3 is 9.84 Å². The number of carboxylic acid groups (broad SMARTS) is 1. The molecule has 5 nitrogen and oxygen atoms in total. The van der Waals surface area contributed by atoms with Gasteiger partial charge in [-0.1, -0.05) is 12.1 Å². The standard InChI is InChI=1S/C9H9NO4/c1-14-8(11)6-4-2-3-5-7(6)10-9(12)13/h2-5,10H,1H3,(H,12,13). The summed E-state index contributed by atoms with van der Waals surface area (Å²) in [6, 6.07) is 6.22. The van der Waals surface area contributed by atoms with Crippen LogP contribution in [0.2, 0.25) is 0 Å². The van der Waals surface area contributed by atoms with Crippen molar-refractivity contribution in [3.05, 3.63) is 29.8 Å². The molecule has 0 aliphatic heterocycles. The lowest BCUT2D eigenvalue weighted by Crippen LogP contribution is -2.12. The number of hydrogen-bond acceptors (Lipinski definition) is 3. The van der Waals surface area contributed by atoms with Gasteiger partial charge in [-0.15, -0.1) is 0 Å². The Morgan fingerprint density at radius 3 is 2.57 bits per heavy atom. The maximum absolute atomic E-state index is 11.2. The number of nitrogens with one attached hydrogen (secondary N) is 1. The van der Waals surface area contributed by atoms with Gasteiger partial charge in [-0.25, -0.2) is 9.59 Å². The predicted molar refractivity (Wildman–Crippen MR) is 49.4 cm³/mol. The molecule has 1 amide bonds. The summed E-state index contributed by atoms with van der Waals surface area (Å²) < 4.78 is 4.49. The average molecular weight is 195 g/mol. The molecule has 0 aliphatic rings. The number of carbonyl (C=O) groups is 2. The third kappa shape index (κ3) is 2.22. The second kappa shape index (κ2) is 4.27. The van der Waals surface area contributed by atoms with Crippen LogP contribution < -0.4 is 5.32 Å². The van der Waals surface area contributed by atoms with Crippen LogP contribution in [0, 0.1) is 0 Å². The van der Waals surface area contributed by atoms with E-state index in [0.29, 0.717) is 0 Å². The van der Waals surface area contributed by atoms with Crippen LogP contribution in [0.4, 0.5) is 10.5 Å². The Kier molecular flexibility index (Phi) is 3.06. The normalized spacial score (nSPS) is 9.21. The van der Waals surface area contributed by atoms with Crippen molar-refractivity contribution in [1.29, 1.82) is 0 Å². The van der Waals surface area contributed by atoms with E-state index in [-0.39, 0.29) is 11.3 Å². The fraction of sp³-hybridized carbons (Fsp3) is 0.111. The molecule has 1 aromatic rings. The molecule has 0 atom stereocenters. The van der Waals surface area contributed by atoms with Gasteiger partial charge in [0.2, 0.25) is 0 Å². The lowest BCUT2D eigenvalue weighted by Gasteiger charge is -2.06. The van der Waals surface area contributed by atoms with E-state index in [0.717, 1.165) is 0 Å². The van der Waals surface area contributed by atoms with Gasteiger partial charge in [0.25, 0.3) is 0 Å². The zero-order valence-corrected chi connectivity index (χ0v) is 7.48. The third-order valence-corrected chi connectivity index (χ3v) is 1.57. The minimum atomic E-state index is -1.22. The van der Waals surface area contributed by atoms with Crippen LogP contribution in [-0.4, -0.2) is 24.3 Å². The molecular formula is C9H9NO4. The number of methoxy groups -OCH3 is 1. The molecule has 0 spiro atoms. The molecule has 0 heterocycles. The molecule has 74 valence electrons. The number of ether oxygens (including phenoxy) is 1. The zero-order valence-electron chi connectivity index (χ0n) is 7.48. The highest BCUT2D eigenvalue weighted by molar-refractivity contribution is 5.99. The van der Waals surface area contributed by atoms with Crippen LogP contribution in [0.3, 0.4) is 0 Å². The lowest BCUT2D eigenvalue weighted by molar-refractivity contribution is 0.0602. The molecule has 0 saturated carbocycles. The maximum atomic E-state index is 11.2. The van der Waals surface area contributed by atoms with Crippen molar-refractivity contribution in [2.45, 2.75) is 0 Å². The van der Waals surface area contributed by atoms with Gasteiger partial charge in [0.05, 0.1) is 18.4 Å². The SMILES string of the molecule is COC(=O)c1ccccc1NC(=O)O. The number of anilines is 1. The minimum Gasteiger partial charge on any atom is -0.465 e. The molecule has 0 saturated heterocycles. The second-order valence-corrected chi connectivity index (χ2v) is 2.47. The van der Waals surface area contributed by atoms with E-state index in [1.807, 2.05) is 0 Å². The Bertz CT molecular complexity index is 362. The molecule has 0 aliphatic carbocycles. The van der Waals surface area contributed by atoms with Crippen molar-refractivity contribution in [1.82, 2.24) is 0 Å². The van der Waals surface area contributed by atoms with Gasteiger partial charge in [-0.2, -0.15) is 0 Å². The van der Waals surface area contributed by atoms with Crippen molar-refractivity contribution >= 4 is 17.7 Å². The van der Waals surface area contributed by atoms with Crippen molar-refractivity contribution < 1.29 is 19.4 Å². The Hall–Kier alpha value is -2.04. The molecule has 0 unspecified atom stereocenters. The van der Waals surface area contributed by atoms with Crippen LogP contribution in [0.5, 0.6) is 0 Å². The topological polar surface area (TPSA) is 75.6 Å². The molecule has 1 rings (SSSR count). The van der Waals surface area contributed by atoms with Gasteiger partial charge in [0, 0.05) is 0 Å². The van der Waals surface area contributed by atoms with Gasteiger partial charge in [-0.3, -0.25) is 5.32 Å². The first-order valence-electron chi connectivity index (χ1n) is 3.82. The van der Waals surface area contributed by atoms with Gasteiger partial charge in [-0.05, 0) is 12.1 Å². The van der Waals surface area contributed by atoms with Gasteiger partial charge in [0.15, 0.2) is 0 Å². The van der Waals surface area contributed by atoms with Crippen LogP contribution in [0.1, 0.15) is 10.4 Å². The predicted octanol–water partition coefficient (Wildman–Crippen LogP) is 1.56. The molecule has 0 aromatic heterocycles. The molecule has 0 fully saturated rings. The largest absolute Gasteiger partial charge is 0.465 e. The fourth-order valence-corrected chi connectivity index (χ4v) is 0.995. The second-order valence-electron chi connectivity index (χ2n) is 2.47. The molecule has 14 heavy (non-hydrogen) atoms. The summed E-state index contributed by atoms with van der Waals surface area (Å²) in [5.41, 5.74) is 0.407. The monoisotopic (exact) mass is 195 g/mol. The lowest BCUT2D eigenvalue weighted by atomic mass is 10.2. The number of carbonyl (C=O) groups excluding carboxylic acids is 1. The first-order chi connectivity index (χ1) is 6.65. The highest BCUT2D eigenvalue weighted by Crippen LogP contribution is 2.15. The highest BCUT2D eigenvalue weighted by Gasteiger charge is 2.11. The summed E-state index contributed by atoms with van der Waals surface area (Å²) >= 11 is 0. The van der Waals surface area contributed by atoms with Crippen molar-refractivity contribution in [2.24, 2.45) is 0 Å². The fourth-order valence-electron chi connectivity index (χ4n) is 0.995. The van der Waals surface area contributed by atoms with Gasteiger partial charge >= 0.3 is 12.1 Å². The van der Waals surface area contributed by atoms with Gasteiger partial charge in [0.1, 0.15) is 0 Å². The highest BCUT2D eigenvalue weighted by atomic mass is 16.5. The number of para-hydroxylation sites is 1. The minimum absolute atomic E-state index is 0.192. The molecule has 5 heteroatoms. The quantitative estimate of drug-likeness (QED) is 0.702. The van der Waals surface area contributed by atoms with Crippen LogP contribution >= 0.6 is 0 Å². The summed E-state index contributed by atoms with van der Waals surface area (Å²) in [4.78, 5) is 21.5. The number of amides is 1. The smallest absolute Gasteiger partial charge is 0.409 e. The Morgan fingerprint density at radius 2 is 2.00 bits per heavy atom. The summed E-state index contributed by atoms with van der Waals surface area (Å²) in [6.45, 7) is 0. The van der Waals surface area contributed by atoms with Crippen LogP contribution in [0.15, 0.2) is 24.3 Å². The van der Waals surface area contributed by atoms with E-state index in [1.54, 1.807) is 12.1 Å². The van der Waals surface area contributed by atoms with E-state index >= 15 is 0 Å². The van der Waals surface area contributed by atoms with E-state index < -0.39 is 12.1 Å². The molecule has 1 aromatic carbocycles. The van der Waals surface area contributed by atoms with E-state index in [9.17, 15) is 9.59 Å². The Morgan fingerprint density at radius 1 is 1.36 bits per heavy atom. The van der Waals surface area contributed by atoms with E-state index in [1.165, 1.54) is 19.2 Å². The first kappa shape index (κ1) is 10.0. The molecule has 0 bridgehead atoms. The third-order valence-electron chi connectivity index (χ3n) is 1.57. The number of hydrogen-bond donors (Lipinski definition) is 2. The summed E-state index contributed by atoms with van der Waals surface area (Å²) in [7, 11) is 1.24. The van der Waals surface area contributed by atoms with E-state index in [2.05, 4.69) is 10.1 Å². The molecule has 0 radical (unpaired) electrons. The maximum Gasteiger partial charge on any atom is 0.409 e. The number of benzene rings is 1.